The van der Waals surface area contributed by atoms with Gasteiger partial charge < -0.3 is 10.6 Å². The van der Waals surface area contributed by atoms with Gasteiger partial charge in [0.25, 0.3) is 0 Å². The second kappa shape index (κ2) is 26.2. The number of hydrogen-bond acceptors (Lipinski definition) is 2. The number of amides is 2. The molecule has 1 fully saturated rings. The molecule has 2 N–H and O–H groups in total. The lowest BCUT2D eigenvalue weighted by molar-refractivity contribution is -0.120. The molecule has 0 radical (unpaired) electrons. The van der Waals surface area contributed by atoms with Gasteiger partial charge in [-0.15, -0.1) is 0 Å². The quantitative estimate of drug-likeness (QED) is 0.108. The Hall–Kier alpha value is -1.06. The highest BCUT2D eigenvalue weighted by molar-refractivity contribution is 5.79. The van der Waals surface area contributed by atoms with Crippen molar-refractivity contribution >= 4 is 11.8 Å². The molecule has 38 heavy (non-hydrogen) atoms. The van der Waals surface area contributed by atoms with Gasteiger partial charge in [0, 0.05) is 25.4 Å². The predicted molar refractivity (Wildman–Crippen MR) is 165 cm³/mol. The summed E-state index contributed by atoms with van der Waals surface area (Å²) >= 11 is 0. The SMILES string of the molecule is CCCCCCCCCCCCCC(=O)C[C@@H]1CCCC[C@H]1NC(=O)NCCCCCCCCCCCC. The van der Waals surface area contributed by atoms with Crippen molar-refractivity contribution in [2.45, 2.75) is 193 Å². The number of hydrogen-bond donors (Lipinski definition) is 2. The number of ketones is 1. The van der Waals surface area contributed by atoms with Crippen molar-refractivity contribution < 1.29 is 9.59 Å². The fourth-order valence-electron chi connectivity index (χ4n) is 6.06. The Morgan fingerprint density at radius 2 is 1.03 bits per heavy atom. The molecule has 0 aromatic heterocycles. The fourth-order valence-corrected chi connectivity index (χ4v) is 6.06. The van der Waals surface area contributed by atoms with Gasteiger partial charge in [-0.2, -0.15) is 0 Å². The van der Waals surface area contributed by atoms with E-state index in [9.17, 15) is 9.59 Å². The van der Waals surface area contributed by atoms with Crippen molar-refractivity contribution in [3.8, 4) is 0 Å². The molecule has 1 aliphatic carbocycles. The molecule has 0 aliphatic heterocycles. The zero-order valence-corrected chi connectivity index (χ0v) is 25.8. The van der Waals surface area contributed by atoms with Crippen LogP contribution >= 0.6 is 0 Å². The van der Waals surface area contributed by atoms with E-state index in [2.05, 4.69) is 24.5 Å². The topological polar surface area (TPSA) is 58.2 Å². The molecule has 1 saturated carbocycles. The van der Waals surface area contributed by atoms with Crippen LogP contribution in [0.5, 0.6) is 0 Å². The van der Waals surface area contributed by atoms with Gasteiger partial charge in [-0.25, -0.2) is 4.79 Å². The minimum atomic E-state index is -0.0318. The van der Waals surface area contributed by atoms with Gasteiger partial charge in [-0.3, -0.25) is 4.79 Å². The van der Waals surface area contributed by atoms with Crippen LogP contribution in [0.15, 0.2) is 0 Å². The number of unbranched alkanes of at least 4 members (excludes halogenated alkanes) is 19. The zero-order chi connectivity index (χ0) is 27.5. The Balaban J connectivity index is 2.04. The number of carbonyl (C=O) groups excluding carboxylic acids is 2. The van der Waals surface area contributed by atoms with E-state index < -0.39 is 0 Å². The van der Waals surface area contributed by atoms with Crippen LogP contribution in [0.3, 0.4) is 0 Å². The average Bonchev–Trinajstić information content (AvgIpc) is 2.91. The van der Waals surface area contributed by atoms with Gasteiger partial charge in [0.15, 0.2) is 0 Å². The lowest BCUT2D eigenvalue weighted by Gasteiger charge is -2.32. The van der Waals surface area contributed by atoms with E-state index >= 15 is 0 Å². The predicted octanol–water partition coefficient (Wildman–Crippen LogP) is 10.4. The van der Waals surface area contributed by atoms with Crippen LogP contribution in [0.1, 0.15) is 187 Å². The Kier molecular flexibility index (Phi) is 24.1. The number of nitrogens with one attached hydrogen (secondary N) is 2. The van der Waals surface area contributed by atoms with Crippen LogP contribution < -0.4 is 10.6 Å². The molecule has 0 heterocycles. The third-order valence-corrected chi connectivity index (χ3v) is 8.59. The van der Waals surface area contributed by atoms with Crippen molar-refractivity contribution in [1.29, 1.82) is 0 Å². The summed E-state index contributed by atoms with van der Waals surface area (Å²) in [5.41, 5.74) is 0. The summed E-state index contributed by atoms with van der Waals surface area (Å²) in [6.07, 6.45) is 33.4. The molecule has 0 aromatic rings. The summed E-state index contributed by atoms with van der Waals surface area (Å²) in [5.74, 6) is 0.734. The number of Topliss-reactive ketones (excluding diaryl/α,β-unsaturated/α-hetero) is 1. The Labute approximate surface area is 237 Å². The first kappa shape index (κ1) is 35.0. The van der Waals surface area contributed by atoms with Crippen molar-refractivity contribution in [3.05, 3.63) is 0 Å². The van der Waals surface area contributed by atoms with Crippen LogP contribution in [0.4, 0.5) is 4.79 Å². The van der Waals surface area contributed by atoms with Crippen LogP contribution in [-0.4, -0.2) is 24.4 Å². The summed E-state index contributed by atoms with van der Waals surface area (Å²) in [5, 5.41) is 6.29. The molecule has 0 aromatic carbocycles. The largest absolute Gasteiger partial charge is 0.338 e. The molecule has 0 bridgehead atoms. The lowest BCUT2D eigenvalue weighted by atomic mass is 9.81. The summed E-state index contributed by atoms with van der Waals surface area (Å²) in [4.78, 5) is 25.1. The molecule has 2 amide bonds. The van der Waals surface area contributed by atoms with E-state index in [4.69, 9.17) is 0 Å². The lowest BCUT2D eigenvalue weighted by Crippen LogP contribution is -2.47. The van der Waals surface area contributed by atoms with Gasteiger partial charge in [0.05, 0.1) is 0 Å². The molecule has 0 spiro atoms. The van der Waals surface area contributed by atoms with Gasteiger partial charge in [0.1, 0.15) is 5.78 Å². The van der Waals surface area contributed by atoms with E-state index in [1.54, 1.807) is 0 Å². The minimum absolute atomic E-state index is 0.0318. The normalized spacial score (nSPS) is 17.4. The molecule has 0 saturated heterocycles. The first-order valence-electron chi connectivity index (χ1n) is 17.2. The van der Waals surface area contributed by atoms with Gasteiger partial charge >= 0.3 is 6.03 Å². The highest BCUT2D eigenvalue weighted by atomic mass is 16.2. The van der Waals surface area contributed by atoms with Crippen molar-refractivity contribution in [1.82, 2.24) is 10.6 Å². The summed E-state index contributed by atoms with van der Waals surface area (Å²) < 4.78 is 0. The summed E-state index contributed by atoms with van der Waals surface area (Å²) in [6, 6.07) is 0.133. The molecule has 4 nitrogen and oxygen atoms in total. The third-order valence-electron chi connectivity index (χ3n) is 8.59. The minimum Gasteiger partial charge on any atom is -0.338 e. The first-order chi connectivity index (χ1) is 18.7. The summed E-state index contributed by atoms with van der Waals surface area (Å²) in [7, 11) is 0. The van der Waals surface area contributed by atoms with Crippen LogP contribution in [0.25, 0.3) is 0 Å². The molecule has 1 aliphatic rings. The molecule has 0 unspecified atom stereocenters. The number of rotatable bonds is 26. The fraction of sp³-hybridized carbons (Fsp3) is 0.941. The standard InChI is InChI=1S/C34H66N2O2/c1-3-5-7-9-11-13-15-16-18-20-22-27-32(37)30-31-26-23-24-28-33(31)36-34(38)35-29-25-21-19-17-14-12-10-8-6-4-2/h31,33H,3-30H2,1-2H3,(H2,35,36,38)/t31-,33+/m0/s1. The zero-order valence-electron chi connectivity index (χ0n) is 25.8. The van der Waals surface area contributed by atoms with E-state index in [-0.39, 0.29) is 12.1 Å². The Morgan fingerprint density at radius 3 is 1.55 bits per heavy atom. The van der Waals surface area contributed by atoms with Crippen LogP contribution in [-0.2, 0) is 4.79 Å². The van der Waals surface area contributed by atoms with Crippen molar-refractivity contribution in [2.24, 2.45) is 5.92 Å². The van der Waals surface area contributed by atoms with Crippen molar-refractivity contribution in [2.75, 3.05) is 6.54 Å². The maximum atomic E-state index is 12.7. The van der Waals surface area contributed by atoms with Gasteiger partial charge in [-0.05, 0) is 31.6 Å². The molecule has 4 heteroatoms. The Morgan fingerprint density at radius 1 is 0.579 bits per heavy atom. The van der Waals surface area contributed by atoms with Gasteiger partial charge in [0.2, 0.25) is 0 Å². The molecular weight excluding hydrogens is 468 g/mol. The van der Waals surface area contributed by atoms with Gasteiger partial charge in [-0.1, -0.05) is 149 Å². The second-order valence-corrected chi connectivity index (χ2v) is 12.3. The van der Waals surface area contributed by atoms with E-state index in [1.165, 1.54) is 128 Å². The Bertz CT molecular complexity index is 503. The highest BCUT2D eigenvalue weighted by Crippen LogP contribution is 2.28. The van der Waals surface area contributed by atoms with Crippen LogP contribution in [0, 0.1) is 5.92 Å². The van der Waals surface area contributed by atoms with Crippen molar-refractivity contribution in [3.63, 3.8) is 0 Å². The van der Waals surface area contributed by atoms with E-state index in [0.29, 0.717) is 18.1 Å². The van der Waals surface area contributed by atoms with E-state index in [1.807, 2.05) is 0 Å². The molecule has 224 valence electrons. The number of carbonyl (C=O) groups is 2. The smallest absolute Gasteiger partial charge is 0.315 e. The van der Waals surface area contributed by atoms with Crippen LogP contribution in [0.2, 0.25) is 0 Å². The highest BCUT2D eigenvalue weighted by Gasteiger charge is 2.28. The summed E-state index contributed by atoms with van der Waals surface area (Å²) in [6.45, 7) is 5.30. The monoisotopic (exact) mass is 535 g/mol. The first-order valence-corrected chi connectivity index (χ1v) is 17.2. The maximum Gasteiger partial charge on any atom is 0.315 e. The molecule has 1 rings (SSSR count). The maximum absolute atomic E-state index is 12.7. The second-order valence-electron chi connectivity index (χ2n) is 12.3. The number of urea groups is 1. The molecular formula is C34H66N2O2. The molecule has 2 atom stereocenters. The average molecular weight is 535 g/mol. The van der Waals surface area contributed by atoms with E-state index in [0.717, 1.165) is 45.1 Å². The third kappa shape index (κ3) is 20.8.